The number of aliphatic carboxylic acids is 1. The molecule has 2 rings (SSSR count). The first-order valence-corrected chi connectivity index (χ1v) is 5.01. The molecule has 0 spiro atoms. The third kappa shape index (κ3) is 1.82. The zero-order valence-corrected chi connectivity index (χ0v) is 8.86. The van der Waals surface area contributed by atoms with Gasteiger partial charge >= 0.3 is 5.97 Å². The van der Waals surface area contributed by atoms with Crippen molar-refractivity contribution >= 4 is 5.97 Å². The standard InChI is InChI=1S/C12H14O3/c1-7-3-4-8(15-2)5-9(7)10-6-11(10)12(13)14/h3-5,10-11H,6H2,1-2H3,(H,13,14). The Morgan fingerprint density at radius 1 is 1.53 bits per heavy atom. The molecule has 0 amide bonds. The zero-order valence-electron chi connectivity index (χ0n) is 8.86. The zero-order chi connectivity index (χ0) is 11.0. The summed E-state index contributed by atoms with van der Waals surface area (Å²) in [6, 6.07) is 5.82. The minimum Gasteiger partial charge on any atom is -0.497 e. The molecule has 80 valence electrons. The Balaban J connectivity index is 2.25. The predicted octanol–water partition coefficient (Wildman–Crippen LogP) is 2.19. The van der Waals surface area contributed by atoms with Crippen LogP contribution in [0.4, 0.5) is 0 Å². The molecule has 1 aliphatic carbocycles. The third-order valence-electron chi connectivity index (χ3n) is 2.99. The Morgan fingerprint density at radius 2 is 2.27 bits per heavy atom. The quantitative estimate of drug-likeness (QED) is 0.824. The summed E-state index contributed by atoms with van der Waals surface area (Å²) < 4.78 is 5.14. The number of hydrogen-bond acceptors (Lipinski definition) is 2. The fraction of sp³-hybridized carbons (Fsp3) is 0.417. The van der Waals surface area contributed by atoms with Crippen LogP contribution < -0.4 is 4.74 Å². The molecule has 3 nitrogen and oxygen atoms in total. The molecule has 1 N–H and O–H groups in total. The van der Waals surface area contributed by atoms with Crippen LogP contribution in [0.2, 0.25) is 0 Å². The van der Waals surface area contributed by atoms with Crippen LogP contribution in [-0.4, -0.2) is 18.2 Å². The van der Waals surface area contributed by atoms with Gasteiger partial charge in [-0.3, -0.25) is 4.79 Å². The van der Waals surface area contributed by atoms with Crippen LogP contribution in [0.25, 0.3) is 0 Å². The molecule has 0 radical (unpaired) electrons. The Hall–Kier alpha value is -1.51. The molecular weight excluding hydrogens is 192 g/mol. The second kappa shape index (κ2) is 3.57. The first-order chi connectivity index (χ1) is 7.13. The molecule has 0 saturated heterocycles. The maximum Gasteiger partial charge on any atom is 0.307 e. The lowest BCUT2D eigenvalue weighted by atomic mass is 10.0. The van der Waals surface area contributed by atoms with Crippen molar-refractivity contribution in [1.29, 1.82) is 0 Å². The summed E-state index contributed by atoms with van der Waals surface area (Å²) in [6.07, 6.45) is 0.753. The van der Waals surface area contributed by atoms with Crippen molar-refractivity contribution in [2.45, 2.75) is 19.3 Å². The Bertz CT molecular complexity index is 398. The molecule has 1 aromatic carbocycles. The van der Waals surface area contributed by atoms with Crippen LogP contribution >= 0.6 is 0 Å². The lowest BCUT2D eigenvalue weighted by molar-refractivity contribution is -0.138. The Morgan fingerprint density at radius 3 is 2.80 bits per heavy atom. The number of carboxylic acid groups (broad SMARTS) is 1. The van der Waals surface area contributed by atoms with E-state index in [9.17, 15) is 4.79 Å². The summed E-state index contributed by atoms with van der Waals surface area (Å²) in [5.74, 6) is 0.0854. The van der Waals surface area contributed by atoms with Crippen molar-refractivity contribution in [2.24, 2.45) is 5.92 Å². The van der Waals surface area contributed by atoms with E-state index in [1.54, 1.807) is 7.11 Å². The molecule has 2 atom stereocenters. The monoisotopic (exact) mass is 206 g/mol. The molecule has 1 fully saturated rings. The van der Waals surface area contributed by atoms with Crippen LogP contribution in [0, 0.1) is 12.8 Å². The van der Waals surface area contributed by atoms with Gasteiger partial charge in [-0.1, -0.05) is 6.07 Å². The summed E-state index contributed by atoms with van der Waals surface area (Å²) in [4.78, 5) is 10.8. The van der Waals surface area contributed by atoms with Crippen molar-refractivity contribution < 1.29 is 14.6 Å². The molecule has 3 heteroatoms. The van der Waals surface area contributed by atoms with Gasteiger partial charge < -0.3 is 9.84 Å². The van der Waals surface area contributed by atoms with Gasteiger partial charge in [-0.25, -0.2) is 0 Å². The number of benzene rings is 1. The van der Waals surface area contributed by atoms with Gasteiger partial charge in [0, 0.05) is 0 Å². The maximum absolute atomic E-state index is 10.8. The van der Waals surface area contributed by atoms with E-state index in [4.69, 9.17) is 9.84 Å². The Labute approximate surface area is 88.7 Å². The van der Waals surface area contributed by atoms with Crippen molar-refractivity contribution in [1.82, 2.24) is 0 Å². The van der Waals surface area contributed by atoms with Gasteiger partial charge in [-0.2, -0.15) is 0 Å². The lowest BCUT2D eigenvalue weighted by Gasteiger charge is -2.07. The minimum absolute atomic E-state index is 0.178. The van der Waals surface area contributed by atoms with E-state index in [-0.39, 0.29) is 11.8 Å². The summed E-state index contributed by atoms with van der Waals surface area (Å²) in [6.45, 7) is 2.01. The molecule has 1 aliphatic rings. The van der Waals surface area contributed by atoms with Gasteiger partial charge in [0.1, 0.15) is 5.75 Å². The Kier molecular flexibility index (Phi) is 2.39. The highest BCUT2D eigenvalue weighted by atomic mass is 16.5. The number of rotatable bonds is 3. The van der Waals surface area contributed by atoms with E-state index in [1.165, 1.54) is 0 Å². The summed E-state index contributed by atoms with van der Waals surface area (Å²) >= 11 is 0. The molecule has 2 unspecified atom stereocenters. The van der Waals surface area contributed by atoms with Gasteiger partial charge in [-0.05, 0) is 42.5 Å². The van der Waals surface area contributed by atoms with Crippen molar-refractivity contribution in [3.8, 4) is 5.75 Å². The van der Waals surface area contributed by atoms with E-state index in [1.807, 2.05) is 25.1 Å². The molecule has 15 heavy (non-hydrogen) atoms. The topological polar surface area (TPSA) is 46.5 Å². The molecule has 0 aliphatic heterocycles. The second-order valence-electron chi connectivity index (χ2n) is 4.01. The van der Waals surface area contributed by atoms with E-state index in [0.717, 1.165) is 23.3 Å². The highest BCUT2D eigenvalue weighted by Gasteiger charge is 2.44. The number of carboxylic acids is 1. The van der Waals surface area contributed by atoms with Gasteiger partial charge in [0.2, 0.25) is 0 Å². The van der Waals surface area contributed by atoms with Crippen molar-refractivity contribution in [3.63, 3.8) is 0 Å². The fourth-order valence-corrected chi connectivity index (χ4v) is 1.96. The fourth-order valence-electron chi connectivity index (χ4n) is 1.96. The van der Waals surface area contributed by atoms with Gasteiger partial charge in [0.15, 0.2) is 0 Å². The van der Waals surface area contributed by atoms with Crippen LogP contribution in [0.15, 0.2) is 18.2 Å². The van der Waals surface area contributed by atoms with Gasteiger partial charge in [0.05, 0.1) is 13.0 Å². The summed E-state index contributed by atoms with van der Waals surface area (Å²) in [7, 11) is 1.62. The average molecular weight is 206 g/mol. The molecule has 0 bridgehead atoms. The predicted molar refractivity (Wildman–Crippen MR) is 56.2 cm³/mol. The van der Waals surface area contributed by atoms with Crippen LogP contribution in [0.3, 0.4) is 0 Å². The van der Waals surface area contributed by atoms with E-state index >= 15 is 0 Å². The average Bonchev–Trinajstić information content (AvgIpc) is 2.98. The summed E-state index contributed by atoms with van der Waals surface area (Å²) in [5.41, 5.74) is 2.26. The van der Waals surface area contributed by atoms with E-state index in [0.29, 0.717) is 0 Å². The second-order valence-corrected chi connectivity index (χ2v) is 4.01. The minimum atomic E-state index is -0.692. The molecule has 1 aromatic rings. The first kappa shape index (κ1) is 10.0. The number of aryl methyl sites for hydroxylation is 1. The highest BCUT2D eigenvalue weighted by Crippen LogP contribution is 2.49. The number of methoxy groups -OCH3 is 1. The SMILES string of the molecule is COc1ccc(C)c(C2CC2C(=O)O)c1. The molecular formula is C12H14O3. The van der Waals surface area contributed by atoms with Crippen LogP contribution in [0.5, 0.6) is 5.75 Å². The van der Waals surface area contributed by atoms with Crippen LogP contribution in [-0.2, 0) is 4.79 Å². The van der Waals surface area contributed by atoms with Gasteiger partial charge in [-0.15, -0.1) is 0 Å². The lowest BCUT2D eigenvalue weighted by Crippen LogP contribution is -2.00. The van der Waals surface area contributed by atoms with E-state index < -0.39 is 5.97 Å². The third-order valence-corrected chi connectivity index (χ3v) is 2.99. The smallest absolute Gasteiger partial charge is 0.307 e. The summed E-state index contributed by atoms with van der Waals surface area (Å²) in [5, 5.41) is 8.87. The highest BCUT2D eigenvalue weighted by molar-refractivity contribution is 5.75. The molecule has 0 aromatic heterocycles. The maximum atomic E-state index is 10.8. The first-order valence-electron chi connectivity index (χ1n) is 5.01. The largest absolute Gasteiger partial charge is 0.497 e. The number of carbonyl (C=O) groups is 1. The van der Waals surface area contributed by atoms with Crippen molar-refractivity contribution in [2.75, 3.05) is 7.11 Å². The van der Waals surface area contributed by atoms with Gasteiger partial charge in [0.25, 0.3) is 0 Å². The molecule has 0 heterocycles. The number of ether oxygens (including phenoxy) is 1. The number of hydrogen-bond donors (Lipinski definition) is 1. The van der Waals surface area contributed by atoms with E-state index in [2.05, 4.69) is 0 Å². The van der Waals surface area contributed by atoms with Crippen LogP contribution in [0.1, 0.15) is 23.5 Å². The van der Waals surface area contributed by atoms with Crippen molar-refractivity contribution in [3.05, 3.63) is 29.3 Å². The normalized spacial score (nSPS) is 23.6. The molecule has 1 saturated carbocycles.